The Morgan fingerprint density at radius 3 is 2.68 bits per heavy atom. The topological polar surface area (TPSA) is 106 Å². The van der Waals surface area contributed by atoms with Crippen LogP contribution >= 0.6 is 0 Å². The number of nitrogens with one attached hydrogen (secondary N) is 1. The number of nitrogens with zero attached hydrogens (tertiary/aromatic N) is 5. The lowest BCUT2D eigenvalue weighted by Crippen LogP contribution is -2.38. The molecular formula is C23H19F3N6O2. The Labute approximate surface area is 191 Å². The zero-order chi connectivity index (χ0) is 23.9. The second-order valence-electron chi connectivity index (χ2n) is 7.91. The highest BCUT2D eigenvalue weighted by Gasteiger charge is 2.48. The summed E-state index contributed by atoms with van der Waals surface area (Å²) in [5.41, 5.74) is -0.454. The summed E-state index contributed by atoms with van der Waals surface area (Å²) in [7, 11) is 0. The summed E-state index contributed by atoms with van der Waals surface area (Å²) in [5.74, 6) is 0.971. The van der Waals surface area contributed by atoms with Crippen LogP contribution in [0.5, 0.6) is 5.75 Å². The van der Waals surface area contributed by atoms with Crippen LogP contribution in [0, 0.1) is 0 Å². The molecule has 0 radical (unpaired) electrons. The van der Waals surface area contributed by atoms with Crippen molar-refractivity contribution in [2.45, 2.75) is 31.2 Å². The van der Waals surface area contributed by atoms with Crippen molar-refractivity contribution in [3.63, 3.8) is 0 Å². The lowest BCUT2D eigenvalue weighted by molar-refractivity contribution is -0.137. The molecule has 0 saturated heterocycles. The van der Waals surface area contributed by atoms with Crippen LogP contribution in [-0.2, 0) is 18.2 Å². The van der Waals surface area contributed by atoms with Crippen molar-refractivity contribution in [2.75, 3.05) is 11.9 Å². The number of pyridine rings is 1. The number of aliphatic hydroxyl groups is 1. The van der Waals surface area contributed by atoms with Gasteiger partial charge in [-0.05, 0) is 37.1 Å². The first-order valence-electron chi connectivity index (χ1n) is 10.5. The van der Waals surface area contributed by atoms with Gasteiger partial charge in [-0.1, -0.05) is 12.1 Å². The Hall–Kier alpha value is -3.86. The Morgan fingerprint density at radius 1 is 1.03 bits per heavy atom. The molecule has 1 aliphatic heterocycles. The average molecular weight is 468 g/mol. The summed E-state index contributed by atoms with van der Waals surface area (Å²) in [4.78, 5) is 20.7. The van der Waals surface area contributed by atoms with Crippen LogP contribution in [0.25, 0.3) is 11.2 Å². The first-order chi connectivity index (χ1) is 16.3. The van der Waals surface area contributed by atoms with Gasteiger partial charge in [0.25, 0.3) is 0 Å². The first kappa shape index (κ1) is 22.0. The van der Waals surface area contributed by atoms with E-state index in [2.05, 4.69) is 30.2 Å². The third-order valence-electron chi connectivity index (χ3n) is 5.80. The number of ether oxygens (including phenoxy) is 1. The van der Waals surface area contributed by atoms with Crippen molar-refractivity contribution in [3.05, 3.63) is 77.6 Å². The standard InChI is InChI=1S/C23H19F3N6O2/c1-13-22(33,18-11-15(5-7-27-18)23(24,25)26)16-3-2-14(10-17(16)34-13)4-6-29-20-19-21(32-12-31-20)30-9-8-28-19/h2-3,5,7-13,33H,4,6H2,1H3,(H,29,30,31,32). The van der Waals surface area contributed by atoms with Gasteiger partial charge in [0.2, 0.25) is 0 Å². The molecule has 1 aliphatic rings. The van der Waals surface area contributed by atoms with Crippen LogP contribution in [0.2, 0.25) is 0 Å². The van der Waals surface area contributed by atoms with Gasteiger partial charge in [-0.3, -0.25) is 4.98 Å². The van der Waals surface area contributed by atoms with E-state index in [1.165, 1.54) is 6.33 Å². The van der Waals surface area contributed by atoms with Crippen LogP contribution in [0.1, 0.15) is 29.3 Å². The molecule has 0 fully saturated rings. The third-order valence-corrected chi connectivity index (χ3v) is 5.80. The highest BCUT2D eigenvalue weighted by molar-refractivity contribution is 5.81. The molecule has 34 heavy (non-hydrogen) atoms. The summed E-state index contributed by atoms with van der Waals surface area (Å²) in [6.07, 6.45) is 0.803. The van der Waals surface area contributed by atoms with Crippen molar-refractivity contribution >= 4 is 17.0 Å². The fourth-order valence-corrected chi connectivity index (χ4v) is 4.04. The van der Waals surface area contributed by atoms with E-state index >= 15 is 0 Å². The third kappa shape index (κ3) is 3.77. The predicted octanol–water partition coefficient (Wildman–Crippen LogP) is 3.51. The minimum Gasteiger partial charge on any atom is -0.486 e. The molecule has 174 valence electrons. The quantitative estimate of drug-likeness (QED) is 0.459. The summed E-state index contributed by atoms with van der Waals surface area (Å²) < 4.78 is 45.4. The van der Waals surface area contributed by atoms with Crippen molar-refractivity contribution in [2.24, 2.45) is 0 Å². The highest BCUT2D eigenvalue weighted by atomic mass is 19.4. The summed E-state index contributed by atoms with van der Waals surface area (Å²) in [6, 6.07) is 6.98. The van der Waals surface area contributed by atoms with Gasteiger partial charge >= 0.3 is 6.18 Å². The Bertz CT molecular complexity index is 1360. The summed E-state index contributed by atoms with van der Waals surface area (Å²) >= 11 is 0. The summed E-state index contributed by atoms with van der Waals surface area (Å²) in [5, 5.41) is 14.6. The van der Waals surface area contributed by atoms with E-state index in [0.29, 0.717) is 41.3 Å². The van der Waals surface area contributed by atoms with E-state index in [0.717, 1.165) is 23.9 Å². The fraction of sp³-hybridized carbons (Fsp3) is 0.261. The normalized spacial score (nSPS) is 19.6. The molecule has 0 spiro atoms. The van der Waals surface area contributed by atoms with Gasteiger partial charge in [-0.2, -0.15) is 13.2 Å². The van der Waals surface area contributed by atoms with E-state index in [1.807, 2.05) is 0 Å². The maximum atomic E-state index is 13.2. The van der Waals surface area contributed by atoms with Gasteiger partial charge in [0.15, 0.2) is 17.1 Å². The van der Waals surface area contributed by atoms with Gasteiger partial charge in [0.05, 0.1) is 11.3 Å². The monoisotopic (exact) mass is 468 g/mol. The largest absolute Gasteiger partial charge is 0.486 e. The number of hydrogen-bond acceptors (Lipinski definition) is 8. The van der Waals surface area contributed by atoms with Crippen LogP contribution in [0.15, 0.2) is 55.2 Å². The maximum absolute atomic E-state index is 13.2. The predicted molar refractivity (Wildman–Crippen MR) is 116 cm³/mol. The van der Waals surface area contributed by atoms with E-state index in [9.17, 15) is 18.3 Å². The van der Waals surface area contributed by atoms with E-state index in [1.54, 1.807) is 37.5 Å². The first-order valence-corrected chi connectivity index (χ1v) is 10.5. The number of alkyl halides is 3. The molecule has 1 aromatic carbocycles. The smallest absolute Gasteiger partial charge is 0.416 e. The lowest BCUT2D eigenvalue weighted by atomic mass is 9.86. The molecule has 2 atom stereocenters. The molecular weight excluding hydrogens is 449 g/mol. The number of hydrogen-bond donors (Lipinski definition) is 2. The molecule has 5 rings (SSSR count). The van der Waals surface area contributed by atoms with Crippen molar-refractivity contribution in [1.29, 1.82) is 0 Å². The van der Waals surface area contributed by atoms with Gasteiger partial charge in [0, 0.05) is 30.7 Å². The zero-order valence-corrected chi connectivity index (χ0v) is 17.9. The van der Waals surface area contributed by atoms with Crippen LogP contribution in [0.4, 0.5) is 19.0 Å². The van der Waals surface area contributed by atoms with Crippen LogP contribution < -0.4 is 10.1 Å². The molecule has 2 N–H and O–H groups in total. The van der Waals surface area contributed by atoms with Crippen molar-refractivity contribution in [1.82, 2.24) is 24.9 Å². The molecule has 0 amide bonds. The number of halogens is 3. The minimum atomic E-state index is -4.54. The van der Waals surface area contributed by atoms with Gasteiger partial charge in [-0.25, -0.2) is 19.9 Å². The molecule has 0 bridgehead atoms. The molecule has 0 aliphatic carbocycles. The average Bonchev–Trinajstić information content (AvgIpc) is 3.09. The molecule has 4 aromatic rings. The number of fused-ring (bicyclic) bond motifs is 2. The fourth-order valence-electron chi connectivity index (χ4n) is 4.04. The molecule has 2 unspecified atom stereocenters. The molecule has 4 heterocycles. The van der Waals surface area contributed by atoms with Gasteiger partial charge in [-0.15, -0.1) is 0 Å². The Morgan fingerprint density at radius 2 is 1.85 bits per heavy atom. The molecule has 3 aromatic heterocycles. The van der Waals surface area contributed by atoms with Crippen LogP contribution in [0.3, 0.4) is 0 Å². The van der Waals surface area contributed by atoms with E-state index in [-0.39, 0.29) is 5.69 Å². The minimum absolute atomic E-state index is 0.111. The molecule has 0 saturated carbocycles. The number of anilines is 1. The van der Waals surface area contributed by atoms with Gasteiger partial charge in [0.1, 0.15) is 23.7 Å². The maximum Gasteiger partial charge on any atom is 0.416 e. The van der Waals surface area contributed by atoms with E-state index in [4.69, 9.17) is 4.74 Å². The zero-order valence-electron chi connectivity index (χ0n) is 17.9. The highest BCUT2D eigenvalue weighted by Crippen LogP contribution is 2.46. The Balaban J connectivity index is 1.36. The second-order valence-corrected chi connectivity index (χ2v) is 7.91. The Kier molecular flexibility index (Phi) is 5.28. The number of benzene rings is 1. The van der Waals surface area contributed by atoms with Crippen LogP contribution in [-0.4, -0.2) is 42.7 Å². The van der Waals surface area contributed by atoms with E-state index < -0.39 is 23.4 Å². The van der Waals surface area contributed by atoms with Gasteiger partial charge < -0.3 is 15.2 Å². The SMILES string of the molecule is CC1Oc2cc(CCNc3ncnc4nccnc34)ccc2C1(O)c1cc(C(F)(F)F)ccn1. The molecule has 11 heteroatoms. The van der Waals surface area contributed by atoms with Crippen molar-refractivity contribution in [3.8, 4) is 5.75 Å². The second kappa shape index (κ2) is 8.17. The van der Waals surface area contributed by atoms with Crippen molar-refractivity contribution < 1.29 is 23.0 Å². The molecule has 8 nitrogen and oxygen atoms in total. The lowest BCUT2D eigenvalue weighted by Gasteiger charge is -2.26. The number of rotatable bonds is 5. The summed E-state index contributed by atoms with van der Waals surface area (Å²) in [6.45, 7) is 2.13. The number of aromatic nitrogens is 5.